The zero-order valence-corrected chi connectivity index (χ0v) is 13.2. The first-order valence-corrected chi connectivity index (χ1v) is 7.23. The number of phenolic OH excluding ortho intramolecular Hbond substituents is 2. The van der Waals surface area contributed by atoms with Crippen molar-refractivity contribution in [1.82, 2.24) is 4.90 Å². The number of aromatic hydroxyl groups is 2. The van der Waals surface area contributed by atoms with E-state index < -0.39 is 0 Å². The average Bonchev–Trinajstić information content (AvgIpc) is 2.41. The van der Waals surface area contributed by atoms with Crippen LogP contribution in [0.1, 0.15) is 15.9 Å². The van der Waals surface area contributed by atoms with Crippen LogP contribution in [0.15, 0.2) is 46.9 Å². The number of ketones is 1. The molecule has 0 aliphatic heterocycles. The van der Waals surface area contributed by atoms with Gasteiger partial charge in [0.25, 0.3) is 0 Å². The molecule has 5 heteroatoms. The van der Waals surface area contributed by atoms with Gasteiger partial charge in [-0.3, -0.25) is 9.69 Å². The van der Waals surface area contributed by atoms with E-state index in [1.54, 1.807) is 0 Å². The highest BCUT2D eigenvalue weighted by Crippen LogP contribution is 2.23. The summed E-state index contributed by atoms with van der Waals surface area (Å²) in [5.74, 6) is -0.448. The average molecular weight is 350 g/mol. The minimum atomic E-state index is -0.197. The fourth-order valence-corrected chi connectivity index (χ4v) is 2.31. The highest BCUT2D eigenvalue weighted by Gasteiger charge is 2.14. The molecule has 2 rings (SSSR count). The first kappa shape index (κ1) is 15.5. The summed E-state index contributed by atoms with van der Waals surface area (Å²) in [6.45, 7) is 0.826. The number of Topliss-reactive ketones (excluding diaryl/α,β-unsaturated/α-hetero) is 1. The van der Waals surface area contributed by atoms with Crippen molar-refractivity contribution in [1.29, 1.82) is 0 Å². The summed E-state index contributed by atoms with van der Waals surface area (Å²) in [6, 6.07) is 11.9. The molecular weight excluding hydrogens is 334 g/mol. The van der Waals surface area contributed by atoms with Gasteiger partial charge in [0.05, 0.1) is 12.1 Å². The van der Waals surface area contributed by atoms with Gasteiger partial charge >= 0.3 is 0 Å². The third-order valence-corrected chi connectivity index (χ3v) is 3.59. The lowest BCUT2D eigenvalue weighted by molar-refractivity contribution is 0.0940. The van der Waals surface area contributed by atoms with E-state index in [0.29, 0.717) is 6.54 Å². The van der Waals surface area contributed by atoms with Gasteiger partial charge < -0.3 is 10.2 Å². The molecule has 0 aromatic heterocycles. The monoisotopic (exact) mass is 349 g/mol. The standard InChI is InChI=1S/C16H16BrNO3/c1-18(9-11-2-4-12(17)5-3-11)10-16(21)14-7-6-13(19)8-15(14)20/h2-8,19-20H,9-10H2,1H3. The van der Waals surface area contributed by atoms with Gasteiger partial charge in [-0.25, -0.2) is 0 Å². The minimum absolute atomic E-state index is 0.0627. The van der Waals surface area contributed by atoms with Crippen molar-refractivity contribution in [3.63, 3.8) is 0 Å². The van der Waals surface area contributed by atoms with E-state index in [1.807, 2.05) is 36.2 Å². The van der Waals surface area contributed by atoms with Gasteiger partial charge in [0.1, 0.15) is 11.5 Å². The predicted octanol–water partition coefficient (Wildman–Crippen LogP) is 3.18. The molecule has 4 nitrogen and oxygen atoms in total. The molecule has 0 fully saturated rings. The quantitative estimate of drug-likeness (QED) is 0.814. The normalized spacial score (nSPS) is 10.8. The van der Waals surface area contributed by atoms with Crippen LogP contribution in [0.4, 0.5) is 0 Å². The number of rotatable bonds is 5. The summed E-state index contributed by atoms with van der Waals surface area (Å²) in [4.78, 5) is 14.0. The SMILES string of the molecule is CN(CC(=O)c1ccc(O)cc1O)Cc1ccc(Br)cc1. The van der Waals surface area contributed by atoms with E-state index in [2.05, 4.69) is 15.9 Å². The van der Waals surface area contributed by atoms with Crippen LogP contribution in [0.25, 0.3) is 0 Å². The second-order valence-corrected chi connectivity index (χ2v) is 5.84. The molecule has 2 N–H and O–H groups in total. The molecule has 0 bridgehead atoms. The Balaban J connectivity index is 2.00. The molecule has 0 unspecified atom stereocenters. The molecule has 0 amide bonds. The minimum Gasteiger partial charge on any atom is -0.508 e. The van der Waals surface area contributed by atoms with Crippen LogP contribution < -0.4 is 0 Å². The van der Waals surface area contributed by atoms with Crippen LogP contribution in [0.5, 0.6) is 11.5 Å². The number of nitrogens with zero attached hydrogens (tertiary/aromatic N) is 1. The number of hydrogen-bond donors (Lipinski definition) is 2. The van der Waals surface area contributed by atoms with Gasteiger partial charge in [-0.15, -0.1) is 0 Å². The Morgan fingerprint density at radius 2 is 1.81 bits per heavy atom. The second kappa shape index (κ2) is 6.74. The van der Waals surface area contributed by atoms with Crippen LogP contribution in [0.2, 0.25) is 0 Å². The summed E-state index contributed by atoms with van der Waals surface area (Å²) in [5, 5.41) is 18.9. The van der Waals surface area contributed by atoms with E-state index in [0.717, 1.165) is 10.0 Å². The molecular formula is C16H16BrNO3. The molecule has 0 heterocycles. The number of carbonyl (C=O) groups is 1. The molecule has 0 saturated heterocycles. The lowest BCUT2D eigenvalue weighted by Gasteiger charge is -2.16. The van der Waals surface area contributed by atoms with Gasteiger partial charge in [-0.05, 0) is 36.9 Å². The van der Waals surface area contributed by atoms with Crippen LogP contribution in [-0.2, 0) is 6.54 Å². The molecule has 110 valence electrons. The molecule has 0 saturated carbocycles. The van der Waals surface area contributed by atoms with Crippen molar-refractivity contribution in [2.45, 2.75) is 6.54 Å². The lowest BCUT2D eigenvalue weighted by Crippen LogP contribution is -2.25. The molecule has 0 radical (unpaired) electrons. The highest BCUT2D eigenvalue weighted by molar-refractivity contribution is 9.10. The number of halogens is 1. The molecule has 0 atom stereocenters. The number of hydrogen-bond acceptors (Lipinski definition) is 4. The van der Waals surface area contributed by atoms with Crippen LogP contribution in [-0.4, -0.2) is 34.5 Å². The fourth-order valence-electron chi connectivity index (χ4n) is 2.04. The summed E-state index contributed by atoms with van der Waals surface area (Å²) in [6.07, 6.45) is 0. The van der Waals surface area contributed by atoms with E-state index in [1.165, 1.54) is 18.2 Å². The third kappa shape index (κ3) is 4.31. The topological polar surface area (TPSA) is 60.8 Å². The van der Waals surface area contributed by atoms with Crippen LogP contribution in [0.3, 0.4) is 0 Å². The van der Waals surface area contributed by atoms with Crippen molar-refractivity contribution >= 4 is 21.7 Å². The maximum absolute atomic E-state index is 12.1. The molecule has 2 aromatic carbocycles. The largest absolute Gasteiger partial charge is 0.508 e. The van der Waals surface area contributed by atoms with E-state index in [-0.39, 0.29) is 29.4 Å². The molecule has 2 aromatic rings. The highest BCUT2D eigenvalue weighted by atomic mass is 79.9. The Morgan fingerprint density at radius 3 is 2.43 bits per heavy atom. The Labute approximate surface area is 131 Å². The Kier molecular flexibility index (Phi) is 4.98. The van der Waals surface area contributed by atoms with Crippen LogP contribution in [0, 0.1) is 0 Å². The third-order valence-electron chi connectivity index (χ3n) is 3.06. The van der Waals surface area contributed by atoms with Crippen molar-refractivity contribution in [2.75, 3.05) is 13.6 Å². The number of likely N-dealkylation sites (N-methyl/N-ethyl adjacent to an activating group) is 1. The van der Waals surface area contributed by atoms with Crippen molar-refractivity contribution in [2.24, 2.45) is 0 Å². The predicted molar refractivity (Wildman–Crippen MR) is 84.6 cm³/mol. The summed E-state index contributed by atoms with van der Waals surface area (Å²) in [7, 11) is 1.84. The van der Waals surface area contributed by atoms with Gasteiger partial charge in [0.2, 0.25) is 0 Å². The van der Waals surface area contributed by atoms with E-state index >= 15 is 0 Å². The zero-order chi connectivity index (χ0) is 15.4. The molecule has 0 aliphatic carbocycles. The van der Waals surface area contributed by atoms with Gasteiger partial charge in [-0.1, -0.05) is 28.1 Å². The lowest BCUT2D eigenvalue weighted by atomic mass is 10.1. The fraction of sp³-hybridized carbons (Fsp3) is 0.188. The zero-order valence-electron chi connectivity index (χ0n) is 11.6. The number of benzene rings is 2. The number of phenols is 2. The van der Waals surface area contributed by atoms with Gasteiger partial charge in [-0.2, -0.15) is 0 Å². The maximum Gasteiger partial charge on any atom is 0.180 e. The van der Waals surface area contributed by atoms with E-state index in [9.17, 15) is 15.0 Å². The molecule has 0 aliphatic rings. The van der Waals surface area contributed by atoms with Crippen LogP contribution >= 0.6 is 15.9 Å². The smallest absolute Gasteiger partial charge is 0.180 e. The Hall–Kier alpha value is -1.85. The summed E-state index contributed by atoms with van der Waals surface area (Å²) in [5.41, 5.74) is 1.32. The van der Waals surface area contributed by atoms with Crippen molar-refractivity contribution in [3.05, 3.63) is 58.1 Å². The Bertz CT molecular complexity index is 640. The first-order chi connectivity index (χ1) is 9.95. The van der Waals surface area contributed by atoms with Crippen molar-refractivity contribution < 1.29 is 15.0 Å². The Morgan fingerprint density at radius 1 is 1.14 bits per heavy atom. The summed E-state index contributed by atoms with van der Waals surface area (Å²) >= 11 is 3.38. The van der Waals surface area contributed by atoms with Gasteiger partial charge in [0, 0.05) is 17.1 Å². The summed E-state index contributed by atoms with van der Waals surface area (Å²) < 4.78 is 1.01. The molecule has 0 spiro atoms. The first-order valence-electron chi connectivity index (χ1n) is 6.44. The maximum atomic E-state index is 12.1. The second-order valence-electron chi connectivity index (χ2n) is 4.92. The number of carbonyl (C=O) groups excluding carboxylic acids is 1. The van der Waals surface area contributed by atoms with E-state index in [4.69, 9.17) is 0 Å². The molecule has 21 heavy (non-hydrogen) atoms. The van der Waals surface area contributed by atoms with Gasteiger partial charge in [0.15, 0.2) is 5.78 Å². The van der Waals surface area contributed by atoms with Crippen molar-refractivity contribution in [3.8, 4) is 11.5 Å².